The Morgan fingerprint density at radius 3 is 2.49 bits per heavy atom. The molecule has 2 amide bonds. The average molecular weight is 615 g/mol. The lowest BCUT2D eigenvalue weighted by Gasteiger charge is -2.38. The summed E-state index contributed by atoms with van der Waals surface area (Å²) in [4.78, 5) is 45.2. The molecule has 43 heavy (non-hydrogen) atoms. The van der Waals surface area contributed by atoms with Crippen molar-refractivity contribution in [2.75, 3.05) is 26.2 Å². The summed E-state index contributed by atoms with van der Waals surface area (Å²) in [6, 6.07) is 3.48. The highest BCUT2D eigenvalue weighted by Crippen LogP contribution is 2.36. The normalized spacial score (nSPS) is 17.6. The van der Waals surface area contributed by atoms with Crippen molar-refractivity contribution in [3.8, 4) is 0 Å². The molecule has 12 heteroatoms. The number of Topliss-reactive ketones (excluding diaryl/α,β-unsaturated/α-hetero) is 1. The molecule has 0 aliphatic carbocycles. The van der Waals surface area contributed by atoms with Crippen molar-refractivity contribution >= 4 is 40.1 Å². The molecule has 5 rings (SSSR count). The molecule has 0 saturated carbocycles. The fourth-order valence-electron chi connectivity index (χ4n) is 6.19. The van der Waals surface area contributed by atoms with Gasteiger partial charge in [0.15, 0.2) is 5.78 Å². The van der Waals surface area contributed by atoms with Gasteiger partial charge in [-0.1, -0.05) is 39.0 Å². The number of H-pyrrole nitrogens is 1. The Bertz CT molecular complexity index is 1580. The Hall–Kier alpha value is -3.60. The standard InChI is InChI=1S/C31H37ClF2N6O3/c1-6-27(43)39-14-18(15-39)11-25(42)29-28(30(33)34)35-26(40(29)19-9-10-38(16-19)17(2)41)8-7-23-20-12-21(31(3,4)5)22(32)13-24(20)37-36-23/h6,12-13,18-19,30H,1,7-11,14-16H2,2-5H3,(H,36,37). The number of halogens is 3. The number of benzene rings is 1. The Kier molecular flexibility index (Phi) is 8.48. The number of ketones is 1. The van der Waals surface area contributed by atoms with Crippen LogP contribution in [-0.2, 0) is 27.8 Å². The Morgan fingerprint density at radius 1 is 1.16 bits per heavy atom. The molecule has 2 aliphatic heterocycles. The lowest BCUT2D eigenvalue weighted by atomic mass is 9.86. The topological polar surface area (TPSA) is 104 Å². The largest absolute Gasteiger partial charge is 0.341 e. The van der Waals surface area contributed by atoms with Gasteiger partial charge in [-0.05, 0) is 42.0 Å². The molecule has 2 aromatic heterocycles. The third kappa shape index (κ3) is 6.09. The molecule has 3 aromatic rings. The first kappa shape index (κ1) is 30.8. The van der Waals surface area contributed by atoms with E-state index in [1.165, 1.54) is 13.0 Å². The molecule has 2 aliphatic rings. The zero-order valence-corrected chi connectivity index (χ0v) is 25.7. The second-order valence-electron chi connectivity index (χ2n) is 12.6. The van der Waals surface area contributed by atoms with Gasteiger partial charge in [0, 0.05) is 68.0 Å². The summed E-state index contributed by atoms with van der Waals surface area (Å²) >= 11 is 6.54. The quantitative estimate of drug-likeness (QED) is 0.255. The van der Waals surface area contributed by atoms with Gasteiger partial charge in [-0.15, -0.1) is 0 Å². The van der Waals surface area contributed by atoms with Crippen molar-refractivity contribution in [3.63, 3.8) is 0 Å². The van der Waals surface area contributed by atoms with E-state index in [4.69, 9.17) is 11.6 Å². The predicted octanol–water partition coefficient (Wildman–Crippen LogP) is 5.44. The van der Waals surface area contributed by atoms with E-state index >= 15 is 0 Å². The van der Waals surface area contributed by atoms with Crippen molar-refractivity contribution in [2.24, 2.45) is 5.92 Å². The number of alkyl halides is 2. The van der Waals surface area contributed by atoms with Crippen LogP contribution in [0.4, 0.5) is 8.78 Å². The Morgan fingerprint density at radius 2 is 1.88 bits per heavy atom. The van der Waals surface area contributed by atoms with Crippen LogP contribution in [0, 0.1) is 5.92 Å². The fourth-order valence-corrected chi connectivity index (χ4v) is 6.63. The number of imidazole rings is 1. The zero-order chi connectivity index (χ0) is 31.2. The highest BCUT2D eigenvalue weighted by atomic mass is 35.5. The maximum absolute atomic E-state index is 14.5. The number of nitrogens with zero attached hydrogens (tertiary/aromatic N) is 5. The number of nitrogens with one attached hydrogen (secondary N) is 1. The molecule has 0 bridgehead atoms. The van der Waals surface area contributed by atoms with E-state index in [1.807, 2.05) is 12.1 Å². The number of carbonyl (C=O) groups is 3. The lowest BCUT2D eigenvalue weighted by molar-refractivity contribution is -0.132. The minimum atomic E-state index is -2.95. The average Bonchev–Trinajstić information content (AvgIpc) is 3.64. The van der Waals surface area contributed by atoms with E-state index in [2.05, 4.69) is 42.5 Å². The van der Waals surface area contributed by atoms with E-state index in [0.717, 1.165) is 16.6 Å². The summed E-state index contributed by atoms with van der Waals surface area (Å²) in [5.74, 6) is -0.514. The van der Waals surface area contributed by atoms with Gasteiger partial charge in [-0.25, -0.2) is 13.8 Å². The van der Waals surface area contributed by atoms with Gasteiger partial charge in [0.25, 0.3) is 6.43 Å². The van der Waals surface area contributed by atoms with E-state index in [1.54, 1.807) is 14.4 Å². The number of carbonyl (C=O) groups excluding carboxylic acids is 3. The SMILES string of the molecule is C=CC(=O)N1CC(CC(=O)c2c(C(F)F)nc(CCc3[nH]nc4cc(Cl)c(C(C)(C)C)cc34)n2C2CCN(C(C)=O)C2)C1. The highest BCUT2D eigenvalue weighted by Gasteiger charge is 2.38. The third-order valence-electron chi connectivity index (χ3n) is 8.50. The summed E-state index contributed by atoms with van der Waals surface area (Å²) in [5.41, 5.74) is 1.67. The van der Waals surface area contributed by atoms with Gasteiger partial charge in [-0.2, -0.15) is 5.10 Å². The van der Waals surface area contributed by atoms with Crippen LogP contribution in [0.5, 0.6) is 0 Å². The van der Waals surface area contributed by atoms with Gasteiger partial charge in [-0.3, -0.25) is 19.5 Å². The zero-order valence-electron chi connectivity index (χ0n) is 24.9. The molecule has 1 unspecified atom stereocenters. The number of aromatic amines is 1. The van der Waals surface area contributed by atoms with Crippen LogP contribution < -0.4 is 0 Å². The molecule has 1 atom stereocenters. The maximum atomic E-state index is 14.5. The molecule has 9 nitrogen and oxygen atoms in total. The summed E-state index contributed by atoms with van der Waals surface area (Å²) in [6.45, 7) is 12.7. The molecule has 230 valence electrons. The van der Waals surface area contributed by atoms with Crippen molar-refractivity contribution in [3.05, 3.63) is 58.3 Å². The first-order valence-electron chi connectivity index (χ1n) is 14.5. The number of hydrogen-bond donors (Lipinski definition) is 1. The molecule has 1 N–H and O–H groups in total. The van der Waals surface area contributed by atoms with Gasteiger partial charge in [0.1, 0.15) is 17.2 Å². The van der Waals surface area contributed by atoms with Gasteiger partial charge in [0.05, 0.1) is 11.6 Å². The highest BCUT2D eigenvalue weighted by molar-refractivity contribution is 6.32. The van der Waals surface area contributed by atoms with Crippen molar-refractivity contribution in [1.29, 1.82) is 0 Å². The number of hydrogen-bond acceptors (Lipinski definition) is 5. The van der Waals surface area contributed by atoms with Gasteiger partial charge in [0.2, 0.25) is 11.8 Å². The monoisotopic (exact) mass is 614 g/mol. The minimum Gasteiger partial charge on any atom is -0.341 e. The smallest absolute Gasteiger partial charge is 0.282 e. The van der Waals surface area contributed by atoms with E-state index in [9.17, 15) is 23.2 Å². The second-order valence-corrected chi connectivity index (χ2v) is 13.0. The third-order valence-corrected chi connectivity index (χ3v) is 8.81. The Labute approximate surface area is 254 Å². The summed E-state index contributed by atoms with van der Waals surface area (Å²) in [6.07, 6.45) is -0.489. The molecule has 0 spiro atoms. The van der Waals surface area contributed by atoms with Crippen LogP contribution in [0.3, 0.4) is 0 Å². The lowest BCUT2D eigenvalue weighted by Crippen LogP contribution is -2.50. The van der Waals surface area contributed by atoms with Gasteiger partial charge < -0.3 is 14.4 Å². The van der Waals surface area contributed by atoms with Crippen LogP contribution in [0.25, 0.3) is 10.9 Å². The fraction of sp³-hybridized carbons (Fsp3) is 0.516. The van der Waals surface area contributed by atoms with Crippen LogP contribution in [0.1, 0.15) is 86.3 Å². The van der Waals surface area contributed by atoms with Crippen molar-refractivity contribution < 1.29 is 23.2 Å². The number of rotatable bonds is 9. The molecule has 2 fully saturated rings. The van der Waals surface area contributed by atoms with Gasteiger partial charge >= 0.3 is 0 Å². The van der Waals surface area contributed by atoms with E-state index in [0.29, 0.717) is 55.4 Å². The second kappa shape index (κ2) is 11.8. The summed E-state index contributed by atoms with van der Waals surface area (Å²) in [7, 11) is 0. The molecular weight excluding hydrogens is 578 g/mol. The summed E-state index contributed by atoms with van der Waals surface area (Å²) < 4.78 is 30.6. The van der Waals surface area contributed by atoms with Crippen LogP contribution >= 0.6 is 11.6 Å². The molecule has 2 saturated heterocycles. The number of likely N-dealkylation sites (tertiary alicyclic amines) is 2. The van der Waals surface area contributed by atoms with Crippen molar-refractivity contribution in [2.45, 2.75) is 71.3 Å². The maximum Gasteiger partial charge on any atom is 0.282 e. The molecule has 1 aromatic carbocycles. The van der Waals surface area contributed by atoms with Crippen molar-refractivity contribution in [1.82, 2.24) is 29.5 Å². The molecule has 4 heterocycles. The first-order valence-corrected chi connectivity index (χ1v) is 14.9. The molecule has 0 radical (unpaired) electrons. The number of amides is 2. The van der Waals surface area contributed by atoms with Crippen LogP contribution in [-0.4, -0.2) is 73.3 Å². The number of fused-ring (bicyclic) bond motifs is 1. The van der Waals surface area contributed by atoms with Crippen LogP contribution in [0.2, 0.25) is 5.02 Å². The summed E-state index contributed by atoms with van der Waals surface area (Å²) in [5, 5.41) is 9.00. The van der Waals surface area contributed by atoms with Crippen LogP contribution in [0.15, 0.2) is 24.8 Å². The number of aryl methyl sites for hydroxylation is 2. The number of aromatic nitrogens is 4. The Balaban J connectivity index is 1.48. The van der Waals surface area contributed by atoms with E-state index < -0.39 is 17.9 Å². The first-order chi connectivity index (χ1) is 20.3. The predicted molar refractivity (Wildman–Crippen MR) is 160 cm³/mol. The van der Waals surface area contributed by atoms with E-state index in [-0.39, 0.29) is 47.7 Å². The molecular formula is C31H37ClF2N6O3. The minimum absolute atomic E-state index is 0.0243.